The van der Waals surface area contributed by atoms with Gasteiger partial charge in [-0.25, -0.2) is 0 Å². The van der Waals surface area contributed by atoms with Crippen LogP contribution in [0.15, 0.2) is 0 Å². The summed E-state index contributed by atoms with van der Waals surface area (Å²) in [4.78, 5) is 4.31. The summed E-state index contributed by atoms with van der Waals surface area (Å²) in [5.41, 5.74) is 6.82. The Morgan fingerprint density at radius 1 is 1.58 bits per heavy atom. The van der Waals surface area contributed by atoms with Crippen LogP contribution in [0.5, 0.6) is 6.01 Å². The van der Waals surface area contributed by atoms with Gasteiger partial charge < -0.3 is 10.5 Å². The van der Waals surface area contributed by atoms with E-state index in [1.54, 1.807) is 0 Å². The van der Waals surface area contributed by atoms with Gasteiger partial charge in [-0.05, 0) is 5.92 Å². The van der Waals surface area contributed by atoms with Crippen molar-refractivity contribution < 1.29 is 4.74 Å². The van der Waals surface area contributed by atoms with Gasteiger partial charge in [0, 0.05) is 0 Å². The molecule has 0 amide bonds. The molecule has 0 aromatic carbocycles. The fourth-order valence-electron chi connectivity index (χ4n) is 1.44. The Bertz CT molecular complexity index is 303. The van der Waals surface area contributed by atoms with Gasteiger partial charge in [-0.1, -0.05) is 13.8 Å². The minimum Gasteiger partial charge on any atom is -0.463 e. The van der Waals surface area contributed by atoms with Crippen LogP contribution in [0, 0.1) is 0 Å². The summed E-state index contributed by atoms with van der Waals surface area (Å²) in [6, 6.07) is 0.677. The van der Waals surface area contributed by atoms with E-state index in [2.05, 4.69) is 18.8 Å². The molecule has 0 aliphatic carbocycles. The second-order valence-electron chi connectivity index (χ2n) is 3.32. The normalized spacial score (nSPS) is 14.9. The van der Waals surface area contributed by atoms with Crippen LogP contribution in [0.4, 0.5) is 5.82 Å². The molecule has 4 heteroatoms. The fourth-order valence-corrected chi connectivity index (χ4v) is 1.44. The van der Waals surface area contributed by atoms with Crippen LogP contribution in [-0.4, -0.2) is 16.2 Å². The highest BCUT2D eigenvalue weighted by Gasteiger charge is 2.21. The molecule has 4 nitrogen and oxygen atoms in total. The first-order chi connectivity index (χ1) is 5.70. The summed E-state index contributed by atoms with van der Waals surface area (Å²) in [5.74, 6) is 1.13. The van der Waals surface area contributed by atoms with Crippen molar-refractivity contribution in [2.24, 2.45) is 0 Å². The van der Waals surface area contributed by atoms with Crippen LogP contribution in [0.1, 0.15) is 25.5 Å². The van der Waals surface area contributed by atoms with Gasteiger partial charge in [0.05, 0.1) is 12.2 Å². The highest BCUT2D eigenvalue weighted by molar-refractivity contribution is 5.42. The molecule has 66 valence electrons. The maximum Gasteiger partial charge on any atom is 0.298 e. The smallest absolute Gasteiger partial charge is 0.298 e. The van der Waals surface area contributed by atoms with Crippen molar-refractivity contribution in [3.8, 4) is 6.01 Å². The van der Waals surface area contributed by atoms with E-state index in [0.29, 0.717) is 18.5 Å². The summed E-state index contributed by atoms with van der Waals surface area (Å²) in [7, 11) is 0. The summed E-state index contributed by atoms with van der Waals surface area (Å²) in [6.07, 6.45) is 0. The maximum atomic E-state index is 5.88. The summed E-state index contributed by atoms with van der Waals surface area (Å²) in [6.45, 7) is 5.69. The van der Waals surface area contributed by atoms with E-state index in [9.17, 15) is 0 Å². The van der Waals surface area contributed by atoms with Gasteiger partial charge in [-0.3, -0.25) is 4.57 Å². The van der Waals surface area contributed by atoms with Crippen molar-refractivity contribution in [2.75, 3.05) is 12.3 Å². The molecule has 0 spiro atoms. The molecule has 2 heterocycles. The third kappa shape index (κ3) is 0.873. The minimum atomic E-state index is 0.367. The minimum absolute atomic E-state index is 0.367. The molecule has 0 saturated carbocycles. The zero-order chi connectivity index (χ0) is 8.72. The number of anilines is 1. The van der Waals surface area contributed by atoms with Crippen molar-refractivity contribution in [1.29, 1.82) is 0 Å². The summed E-state index contributed by atoms with van der Waals surface area (Å²) < 4.78 is 7.21. The molecule has 0 atom stereocenters. The number of fused-ring (bicyclic) bond motifs is 1. The Morgan fingerprint density at radius 3 is 2.92 bits per heavy atom. The molecular formula is C8H13N3O. The second-order valence-corrected chi connectivity index (χ2v) is 3.32. The van der Waals surface area contributed by atoms with Crippen LogP contribution >= 0.6 is 0 Å². The topological polar surface area (TPSA) is 53.1 Å². The maximum absolute atomic E-state index is 5.88. The first kappa shape index (κ1) is 7.46. The molecular weight excluding hydrogens is 154 g/mol. The predicted octanol–water partition coefficient (Wildman–Crippen LogP) is 0.981. The molecule has 0 saturated heterocycles. The fraction of sp³-hybridized carbons (Fsp3) is 0.625. The lowest BCUT2D eigenvalue weighted by Gasteiger charge is -2.02. The lowest BCUT2D eigenvalue weighted by Crippen LogP contribution is -2.03. The molecule has 1 aromatic heterocycles. The van der Waals surface area contributed by atoms with Crippen molar-refractivity contribution >= 4 is 5.82 Å². The Kier molecular flexibility index (Phi) is 1.49. The highest BCUT2D eigenvalue weighted by Crippen LogP contribution is 2.28. The average Bonchev–Trinajstić information content (AvgIpc) is 2.53. The molecule has 0 fully saturated rings. The van der Waals surface area contributed by atoms with Gasteiger partial charge in [-0.2, -0.15) is 4.98 Å². The van der Waals surface area contributed by atoms with E-state index in [4.69, 9.17) is 10.5 Å². The number of aromatic nitrogens is 2. The number of ether oxygens (including phenoxy) is 1. The highest BCUT2D eigenvalue weighted by atomic mass is 16.5. The zero-order valence-electron chi connectivity index (χ0n) is 7.37. The van der Waals surface area contributed by atoms with E-state index >= 15 is 0 Å². The Labute approximate surface area is 71.3 Å². The standard InChI is InChI=1S/C8H13N3O/c1-5(2)6-7(9)11-3-4-12-8(11)10-6/h5H,3-4,9H2,1-2H3. The Hall–Kier alpha value is -1.19. The van der Waals surface area contributed by atoms with E-state index in [1.165, 1.54) is 0 Å². The van der Waals surface area contributed by atoms with Crippen LogP contribution in [-0.2, 0) is 6.54 Å². The summed E-state index contributed by atoms with van der Waals surface area (Å²) in [5, 5.41) is 0. The first-order valence-electron chi connectivity index (χ1n) is 4.19. The number of hydrogen-bond donors (Lipinski definition) is 1. The third-order valence-corrected chi connectivity index (χ3v) is 2.09. The van der Waals surface area contributed by atoms with Gasteiger partial charge in [0.1, 0.15) is 12.4 Å². The molecule has 0 radical (unpaired) electrons. The van der Waals surface area contributed by atoms with Crippen molar-refractivity contribution in [1.82, 2.24) is 9.55 Å². The van der Waals surface area contributed by atoms with E-state index < -0.39 is 0 Å². The van der Waals surface area contributed by atoms with Crippen LogP contribution in [0.25, 0.3) is 0 Å². The monoisotopic (exact) mass is 167 g/mol. The third-order valence-electron chi connectivity index (χ3n) is 2.09. The second kappa shape index (κ2) is 2.40. The van der Waals surface area contributed by atoms with Crippen LogP contribution in [0.2, 0.25) is 0 Å². The van der Waals surface area contributed by atoms with E-state index in [0.717, 1.165) is 18.1 Å². The van der Waals surface area contributed by atoms with Gasteiger partial charge in [-0.15, -0.1) is 0 Å². The molecule has 1 aliphatic heterocycles. The van der Waals surface area contributed by atoms with Gasteiger partial charge in [0.15, 0.2) is 0 Å². The number of rotatable bonds is 1. The molecule has 0 bridgehead atoms. The average molecular weight is 167 g/mol. The zero-order valence-corrected chi connectivity index (χ0v) is 7.37. The number of nitrogen functional groups attached to an aromatic ring is 1. The van der Waals surface area contributed by atoms with Crippen molar-refractivity contribution in [3.05, 3.63) is 5.69 Å². The molecule has 2 N–H and O–H groups in total. The lowest BCUT2D eigenvalue weighted by molar-refractivity contribution is 0.344. The van der Waals surface area contributed by atoms with Gasteiger partial charge >= 0.3 is 0 Å². The number of hydrogen-bond acceptors (Lipinski definition) is 3. The number of imidazole rings is 1. The lowest BCUT2D eigenvalue weighted by atomic mass is 10.1. The van der Waals surface area contributed by atoms with Crippen molar-refractivity contribution in [3.63, 3.8) is 0 Å². The Morgan fingerprint density at radius 2 is 2.33 bits per heavy atom. The SMILES string of the molecule is CC(C)c1nc2n(c1N)CCO2. The Balaban J connectivity index is 2.47. The van der Waals surface area contributed by atoms with Crippen molar-refractivity contribution in [2.45, 2.75) is 26.3 Å². The number of nitrogens with zero attached hydrogens (tertiary/aromatic N) is 2. The number of nitrogens with two attached hydrogens (primary N) is 1. The predicted molar refractivity (Wildman–Crippen MR) is 46.2 cm³/mol. The van der Waals surface area contributed by atoms with Gasteiger partial charge in [0.2, 0.25) is 0 Å². The van der Waals surface area contributed by atoms with E-state index in [1.807, 2.05) is 4.57 Å². The largest absolute Gasteiger partial charge is 0.463 e. The molecule has 1 aliphatic rings. The van der Waals surface area contributed by atoms with Gasteiger partial charge in [0.25, 0.3) is 6.01 Å². The van der Waals surface area contributed by atoms with Crippen LogP contribution in [0.3, 0.4) is 0 Å². The summed E-state index contributed by atoms with van der Waals surface area (Å²) >= 11 is 0. The van der Waals surface area contributed by atoms with E-state index in [-0.39, 0.29) is 0 Å². The van der Waals surface area contributed by atoms with Crippen LogP contribution < -0.4 is 10.5 Å². The quantitative estimate of drug-likeness (QED) is 0.678. The molecule has 12 heavy (non-hydrogen) atoms. The molecule has 1 aromatic rings. The first-order valence-corrected chi connectivity index (χ1v) is 4.19. The molecule has 2 rings (SSSR count). The molecule has 0 unspecified atom stereocenters.